The van der Waals surface area contributed by atoms with Crippen molar-refractivity contribution in [2.45, 2.75) is 6.92 Å². The summed E-state index contributed by atoms with van der Waals surface area (Å²) < 4.78 is 5.72. The Kier molecular flexibility index (Phi) is 5.94. The molecule has 1 heterocycles. The molecule has 0 aliphatic rings. The number of hydrogen-bond donors (Lipinski definition) is 2. The van der Waals surface area contributed by atoms with Gasteiger partial charge in [-0.1, -0.05) is 29.8 Å². The zero-order valence-corrected chi connectivity index (χ0v) is 14.2. The SMILES string of the molecule is Cc1ccc(-c2ccc(/C=C(\C#N)C(=O)NCC[NH+](C)C)o2)cc1. The van der Waals surface area contributed by atoms with Gasteiger partial charge in [-0.25, -0.2) is 0 Å². The van der Waals surface area contributed by atoms with Gasteiger partial charge in [-0.15, -0.1) is 0 Å². The van der Waals surface area contributed by atoms with E-state index in [2.05, 4.69) is 5.32 Å². The van der Waals surface area contributed by atoms with Gasteiger partial charge in [-0.3, -0.25) is 4.79 Å². The molecule has 5 nitrogen and oxygen atoms in total. The van der Waals surface area contributed by atoms with Crippen LogP contribution in [0.15, 0.2) is 46.4 Å². The first-order valence-electron chi connectivity index (χ1n) is 7.85. The molecule has 0 saturated heterocycles. The van der Waals surface area contributed by atoms with Gasteiger partial charge in [-0.2, -0.15) is 5.26 Å². The summed E-state index contributed by atoms with van der Waals surface area (Å²) in [5.74, 6) is 0.803. The molecule has 1 aromatic heterocycles. The topological polar surface area (TPSA) is 70.5 Å². The number of nitrogens with one attached hydrogen (secondary N) is 2. The lowest BCUT2D eigenvalue weighted by molar-refractivity contribution is -0.856. The van der Waals surface area contributed by atoms with Gasteiger partial charge in [0.15, 0.2) is 0 Å². The number of rotatable bonds is 6. The van der Waals surface area contributed by atoms with Crippen molar-refractivity contribution in [2.24, 2.45) is 0 Å². The van der Waals surface area contributed by atoms with Gasteiger partial charge in [0.1, 0.15) is 23.2 Å². The first-order valence-corrected chi connectivity index (χ1v) is 7.85. The number of furan rings is 1. The van der Waals surface area contributed by atoms with E-state index in [4.69, 9.17) is 4.42 Å². The molecule has 0 aliphatic carbocycles. The molecule has 0 radical (unpaired) electrons. The van der Waals surface area contributed by atoms with Crippen LogP contribution in [-0.4, -0.2) is 33.1 Å². The third kappa shape index (κ3) is 4.83. The Labute approximate surface area is 142 Å². The predicted octanol–water partition coefficient (Wildman–Crippen LogP) is 1.42. The summed E-state index contributed by atoms with van der Waals surface area (Å²) in [5.41, 5.74) is 2.17. The fourth-order valence-corrected chi connectivity index (χ4v) is 2.12. The molecule has 0 bridgehead atoms. The first-order chi connectivity index (χ1) is 11.5. The van der Waals surface area contributed by atoms with Crippen molar-refractivity contribution in [1.82, 2.24) is 5.32 Å². The number of likely N-dealkylation sites (N-methyl/N-ethyl adjacent to an activating group) is 1. The Balaban J connectivity index is 2.10. The van der Waals surface area contributed by atoms with Crippen molar-refractivity contribution in [3.05, 3.63) is 53.3 Å². The molecule has 124 valence electrons. The van der Waals surface area contributed by atoms with Gasteiger partial charge in [0.05, 0.1) is 27.2 Å². The van der Waals surface area contributed by atoms with Crippen LogP contribution >= 0.6 is 0 Å². The van der Waals surface area contributed by atoms with E-state index in [9.17, 15) is 10.1 Å². The Morgan fingerprint density at radius 1 is 1.25 bits per heavy atom. The van der Waals surface area contributed by atoms with Crippen LogP contribution in [0.3, 0.4) is 0 Å². The Morgan fingerprint density at radius 2 is 1.96 bits per heavy atom. The lowest BCUT2D eigenvalue weighted by Gasteiger charge is -2.07. The van der Waals surface area contributed by atoms with E-state index in [-0.39, 0.29) is 11.5 Å². The molecular weight excluding hydrogens is 302 g/mol. The van der Waals surface area contributed by atoms with Crippen LogP contribution in [-0.2, 0) is 4.79 Å². The van der Waals surface area contributed by atoms with Gasteiger partial charge in [0, 0.05) is 11.6 Å². The number of aryl methyl sites for hydroxylation is 1. The normalized spacial score (nSPS) is 11.4. The van der Waals surface area contributed by atoms with Crippen LogP contribution < -0.4 is 10.2 Å². The van der Waals surface area contributed by atoms with Crippen molar-refractivity contribution < 1.29 is 14.1 Å². The molecule has 1 aromatic carbocycles. The summed E-state index contributed by atoms with van der Waals surface area (Å²) in [6, 6.07) is 13.5. The number of nitriles is 1. The zero-order valence-electron chi connectivity index (χ0n) is 14.2. The van der Waals surface area contributed by atoms with Crippen LogP contribution in [0.5, 0.6) is 0 Å². The lowest BCUT2D eigenvalue weighted by Crippen LogP contribution is -3.06. The largest absolute Gasteiger partial charge is 0.457 e. The van der Waals surface area contributed by atoms with Crippen molar-refractivity contribution >= 4 is 12.0 Å². The molecule has 5 heteroatoms. The molecule has 0 unspecified atom stereocenters. The van der Waals surface area contributed by atoms with E-state index in [0.717, 1.165) is 12.1 Å². The van der Waals surface area contributed by atoms with Crippen molar-refractivity contribution in [3.63, 3.8) is 0 Å². The Bertz CT molecular complexity index is 765. The average molecular weight is 324 g/mol. The smallest absolute Gasteiger partial charge is 0.262 e. The highest BCUT2D eigenvalue weighted by Crippen LogP contribution is 2.23. The van der Waals surface area contributed by atoms with E-state index in [1.165, 1.54) is 16.5 Å². The number of benzene rings is 1. The second-order valence-electron chi connectivity index (χ2n) is 5.95. The van der Waals surface area contributed by atoms with Crippen LogP contribution in [0.1, 0.15) is 11.3 Å². The van der Waals surface area contributed by atoms with Gasteiger partial charge in [0.25, 0.3) is 5.91 Å². The third-order valence-electron chi connectivity index (χ3n) is 3.53. The molecule has 0 spiro atoms. The van der Waals surface area contributed by atoms with Crippen molar-refractivity contribution in [3.8, 4) is 17.4 Å². The van der Waals surface area contributed by atoms with Gasteiger partial charge >= 0.3 is 0 Å². The highest BCUT2D eigenvalue weighted by atomic mass is 16.3. The van der Waals surface area contributed by atoms with E-state index in [1.54, 1.807) is 6.07 Å². The average Bonchev–Trinajstić information content (AvgIpc) is 3.01. The maximum atomic E-state index is 12.0. The van der Waals surface area contributed by atoms with E-state index in [0.29, 0.717) is 18.1 Å². The van der Waals surface area contributed by atoms with Gasteiger partial charge < -0.3 is 14.6 Å². The summed E-state index contributed by atoms with van der Waals surface area (Å²) in [7, 11) is 4.01. The predicted molar refractivity (Wildman–Crippen MR) is 93.2 cm³/mol. The second kappa shape index (κ2) is 8.14. The molecule has 0 atom stereocenters. The summed E-state index contributed by atoms with van der Waals surface area (Å²) >= 11 is 0. The molecule has 0 saturated carbocycles. The van der Waals surface area contributed by atoms with E-state index >= 15 is 0 Å². The fraction of sp³-hybridized carbons (Fsp3) is 0.263. The van der Waals surface area contributed by atoms with Crippen LogP contribution in [0.2, 0.25) is 0 Å². The molecule has 0 aliphatic heterocycles. The molecular formula is C19H22N3O2+. The minimum Gasteiger partial charge on any atom is -0.457 e. The van der Waals surface area contributed by atoms with Gasteiger partial charge in [-0.05, 0) is 19.1 Å². The number of quaternary nitrogens is 1. The maximum Gasteiger partial charge on any atom is 0.262 e. The number of hydrogen-bond acceptors (Lipinski definition) is 3. The summed E-state index contributed by atoms with van der Waals surface area (Å²) in [6.45, 7) is 3.34. The number of carbonyl (C=O) groups is 1. The number of nitrogens with zero attached hydrogens (tertiary/aromatic N) is 1. The number of amides is 1. The molecule has 1 amide bonds. The lowest BCUT2D eigenvalue weighted by atomic mass is 10.1. The van der Waals surface area contributed by atoms with Gasteiger partial charge in [0.2, 0.25) is 0 Å². The van der Waals surface area contributed by atoms with E-state index in [1.807, 2.05) is 57.4 Å². The molecule has 2 N–H and O–H groups in total. The van der Waals surface area contributed by atoms with Crippen molar-refractivity contribution in [1.29, 1.82) is 5.26 Å². The molecule has 2 aromatic rings. The fourth-order valence-electron chi connectivity index (χ4n) is 2.12. The zero-order chi connectivity index (χ0) is 17.5. The summed E-state index contributed by atoms with van der Waals surface area (Å²) in [6.07, 6.45) is 1.47. The van der Waals surface area contributed by atoms with Crippen LogP contribution in [0, 0.1) is 18.3 Å². The minimum absolute atomic E-state index is 0.0357. The molecule has 2 rings (SSSR count). The Morgan fingerprint density at radius 3 is 2.58 bits per heavy atom. The van der Waals surface area contributed by atoms with Crippen LogP contribution in [0.4, 0.5) is 0 Å². The second-order valence-corrected chi connectivity index (χ2v) is 5.95. The molecule has 0 fully saturated rings. The molecule has 24 heavy (non-hydrogen) atoms. The minimum atomic E-state index is -0.382. The van der Waals surface area contributed by atoms with Crippen molar-refractivity contribution in [2.75, 3.05) is 27.2 Å². The maximum absolute atomic E-state index is 12.0. The van der Waals surface area contributed by atoms with E-state index < -0.39 is 0 Å². The number of carbonyl (C=O) groups excluding carboxylic acids is 1. The highest BCUT2D eigenvalue weighted by molar-refractivity contribution is 6.01. The monoisotopic (exact) mass is 324 g/mol. The Hall–Kier alpha value is -2.84. The summed E-state index contributed by atoms with van der Waals surface area (Å²) in [4.78, 5) is 13.2. The quantitative estimate of drug-likeness (QED) is 0.624. The first kappa shape index (κ1) is 17.5. The standard InChI is InChI=1S/C19H21N3O2/c1-14-4-6-15(7-5-14)18-9-8-17(24-18)12-16(13-20)19(23)21-10-11-22(2)3/h4-9,12H,10-11H2,1-3H3,(H,21,23)/p+1/b16-12+. The highest BCUT2D eigenvalue weighted by Gasteiger charge is 2.11. The summed E-state index contributed by atoms with van der Waals surface area (Å²) in [5, 5.41) is 11.9. The van der Waals surface area contributed by atoms with Crippen LogP contribution in [0.25, 0.3) is 17.4 Å². The third-order valence-corrected chi connectivity index (χ3v) is 3.53.